The average molecular weight is 159 g/mol. The molecule has 0 aliphatic carbocycles. The minimum absolute atomic E-state index is 0.355. The van der Waals surface area contributed by atoms with E-state index in [-0.39, 0.29) is 0 Å². The summed E-state index contributed by atoms with van der Waals surface area (Å²) in [7, 11) is 8.22. The Bertz CT molecular complexity index is 22.4. The first-order chi connectivity index (χ1) is 3.91. The standard InChI is InChI=1S/C5H12O.Cl2/c1-2-3-4-5-6;1-2/h6H,2-5H2,1H3;. The Hall–Kier alpha value is 0.540. The van der Waals surface area contributed by atoms with E-state index in [4.69, 9.17) is 5.11 Å². The van der Waals surface area contributed by atoms with Crippen molar-refractivity contribution in [3.63, 3.8) is 0 Å². The highest BCUT2D eigenvalue weighted by Gasteiger charge is 1.76. The van der Waals surface area contributed by atoms with Gasteiger partial charge in [-0.25, -0.2) is 0 Å². The van der Waals surface area contributed by atoms with Crippen molar-refractivity contribution in [3.8, 4) is 0 Å². The molecule has 0 spiro atoms. The molecule has 0 heterocycles. The molecule has 8 heavy (non-hydrogen) atoms. The minimum atomic E-state index is 0.355. The lowest BCUT2D eigenvalue weighted by Crippen LogP contribution is -1.78. The largest absolute Gasteiger partial charge is 0.396 e. The maximum absolute atomic E-state index is 8.20. The smallest absolute Gasteiger partial charge is 0.0431 e. The lowest BCUT2D eigenvalue weighted by molar-refractivity contribution is 0.284. The molecule has 1 nitrogen and oxygen atoms in total. The van der Waals surface area contributed by atoms with Gasteiger partial charge >= 0.3 is 0 Å². The van der Waals surface area contributed by atoms with Gasteiger partial charge in [-0.05, 0) is 6.42 Å². The fourth-order valence-electron chi connectivity index (χ4n) is 0.362. The van der Waals surface area contributed by atoms with Gasteiger partial charge in [0, 0.05) is 28.3 Å². The number of unbranched alkanes of at least 4 members (excludes halogenated alkanes) is 2. The summed E-state index contributed by atoms with van der Waals surface area (Å²) in [4.78, 5) is 0. The Morgan fingerprint density at radius 2 is 1.75 bits per heavy atom. The average Bonchev–Trinajstić information content (AvgIpc) is 1.88. The molecule has 0 aromatic carbocycles. The first-order valence-electron chi connectivity index (χ1n) is 2.67. The highest BCUT2D eigenvalue weighted by Crippen LogP contribution is 1.89. The van der Waals surface area contributed by atoms with Gasteiger partial charge < -0.3 is 5.11 Å². The molecule has 0 aromatic rings. The van der Waals surface area contributed by atoms with E-state index in [2.05, 4.69) is 28.6 Å². The monoisotopic (exact) mass is 158 g/mol. The van der Waals surface area contributed by atoms with Crippen molar-refractivity contribution in [2.75, 3.05) is 6.61 Å². The van der Waals surface area contributed by atoms with E-state index in [1.807, 2.05) is 0 Å². The lowest BCUT2D eigenvalue weighted by atomic mass is 10.3. The van der Waals surface area contributed by atoms with Crippen LogP contribution in [0, 0.1) is 0 Å². The van der Waals surface area contributed by atoms with E-state index in [9.17, 15) is 0 Å². The molecule has 0 aromatic heterocycles. The SMILES string of the molecule is CCCCCO.ClCl. The molecule has 0 radical (unpaired) electrons. The Labute approximate surface area is 60.2 Å². The van der Waals surface area contributed by atoms with Gasteiger partial charge in [-0.2, -0.15) is 0 Å². The summed E-state index contributed by atoms with van der Waals surface area (Å²) in [5, 5.41) is 8.20. The summed E-state index contributed by atoms with van der Waals surface area (Å²) in [5.41, 5.74) is 0. The zero-order valence-electron chi connectivity index (χ0n) is 5.03. The van der Waals surface area contributed by atoms with Crippen LogP contribution in [0.1, 0.15) is 26.2 Å². The van der Waals surface area contributed by atoms with Crippen LogP contribution in [-0.4, -0.2) is 11.7 Å². The molecule has 0 atom stereocenters. The quantitative estimate of drug-likeness (QED) is 0.627. The van der Waals surface area contributed by atoms with Gasteiger partial charge in [-0.3, -0.25) is 0 Å². The van der Waals surface area contributed by atoms with E-state index < -0.39 is 0 Å². The number of halogens is 2. The van der Waals surface area contributed by atoms with Crippen LogP contribution in [0.4, 0.5) is 0 Å². The van der Waals surface area contributed by atoms with Gasteiger partial charge in [-0.15, -0.1) is 0 Å². The Morgan fingerprint density at radius 1 is 1.25 bits per heavy atom. The molecule has 0 bridgehead atoms. The van der Waals surface area contributed by atoms with Crippen LogP contribution in [0.3, 0.4) is 0 Å². The number of hydrogen-bond acceptors (Lipinski definition) is 1. The number of hydrogen-bond donors (Lipinski definition) is 1. The zero-order valence-corrected chi connectivity index (χ0v) is 6.54. The Balaban J connectivity index is 0. The van der Waals surface area contributed by atoms with Crippen molar-refractivity contribution in [1.82, 2.24) is 0 Å². The fraction of sp³-hybridized carbons (Fsp3) is 1.00. The topological polar surface area (TPSA) is 20.2 Å². The van der Waals surface area contributed by atoms with Gasteiger partial charge in [0.05, 0.1) is 0 Å². The highest BCUT2D eigenvalue weighted by atomic mass is 36.5. The first-order valence-corrected chi connectivity index (χ1v) is 3.81. The van der Waals surface area contributed by atoms with Crippen molar-refractivity contribution in [3.05, 3.63) is 0 Å². The third-order valence-electron chi connectivity index (χ3n) is 0.762. The summed E-state index contributed by atoms with van der Waals surface area (Å²) in [6.07, 6.45) is 3.33. The van der Waals surface area contributed by atoms with Crippen LogP contribution in [0.5, 0.6) is 0 Å². The van der Waals surface area contributed by atoms with Crippen LogP contribution < -0.4 is 0 Å². The van der Waals surface area contributed by atoms with E-state index in [1.165, 1.54) is 6.42 Å². The maximum atomic E-state index is 8.20. The van der Waals surface area contributed by atoms with Crippen molar-refractivity contribution in [2.45, 2.75) is 26.2 Å². The summed E-state index contributed by atoms with van der Waals surface area (Å²) >= 11 is 0. The molecule has 0 rings (SSSR count). The summed E-state index contributed by atoms with van der Waals surface area (Å²) in [6, 6.07) is 0. The first kappa shape index (κ1) is 11.4. The maximum Gasteiger partial charge on any atom is 0.0431 e. The molecule has 0 saturated carbocycles. The molecule has 0 unspecified atom stereocenters. The van der Waals surface area contributed by atoms with E-state index in [1.54, 1.807) is 0 Å². The van der Waals surface area contributed by atoms with Crippen LogP contribution in [0.25, 0.3) is 0 Å². The third-order valence-corrected chi connectivity index (χ3v) is 0.762. The normalized spacial score (nSPS) is 7.50. The molecule has 0 fully saturated rings. The van der Waals surface area contributed by atoms with Crippen LogP contribution in [0.2, 0.25) is 0 Å². The van der Waals surface area contributed by atoms with Gasteiger partial charge in [0.1, 0.15) is 0 Å². The fourth-order valence-corrected chi connectivity index (χ4v) is 0.362. The summed E-state index contributed by atoms with van der Waals surface area (Å²) in [6.45, 7) is 2.48. The minimum Gasteiger partial charge on any atom is -0.396 e. The van der Waals surface area contributed by atoms with Crippen molar-refractivity contribution in [1.29, 1.82) is 0 Å². The second-order valence-electron chi connectivity index (χ2n) is 1.43. The van der Waals surface area contributed by atoms with Crippen LogP contribution in [-0.2, 0) is 0 Å². The molecule has 0 amide bonds. The predicted octanol–water partition coefficient (Wildman–Crippen LogP) is 2.55. The number of rotatable bonds is 3. The van der Waals surface area contributed by atoms with E-state index in [0.29, 0.717) is 6.61 Å². The Kier molecular flexibility index (Phi) is 22.2. The van der Waals surface area contributed by atoms with Gasteiger partial charge in [0.2, 0.25) is 0 Å². The molecular formula is C5H12Cl2O. The van der Waals surface area contributed by atoms with Crippen molar-refractivity contribution < 1.29 is 5.11 Å². The second kappa shape index (κ2) is 15.6. The molecule has 0 saturated heterocycles. The van der Waals surface area contributed by atoms with Crippen molar-refractivity contribution >= 4 is 21.7 Å². The van der Waals surface area contributed by atoms with Gasteiger partial charge in [0.25, 0.3) is 0 Å². The van der Waals surface area contributed by atoms with E-state index >= 15 is 0 Å². The van der Waals surface area contributed by atoms with Crippen molar-refractivity contribution in [2.24, 2.45) is 0 Å². The third kappa shape index (κ3) is 16.0. The molecular weight excluding hydrogens is 147 g/mol. The van der Waals surface area contributed by atoms with Crippen LogP contribution >= 0.6 is 21.7 Å². The molecule has 3 heteroatoms. The van der Waals surface area contributed by atoms with E-state index in [0.717, 1.165) is 12.8 Å². The second-order valence-corrected chi connectivity index (χ2v) is 1.43. The van der Waals surface area contributed by atoms with Gasteiger partial charge in [0.15, 0.2) is 0 Å². The number of aliphatic hydroxyl groups is 1. The van der Waals surface area contributed by atoms with Crippen LogP contribution in [0.15, 0.2) is 0 Å². The predicted molar refractivity (Wildman–Crippen MR) is 38.3 cm³/mol. The highest BCUT2D eigenvalue weighted by molar-refractivity contribution is 6.85. The number of aliphatic hydroxyl groups excluding tert-OH is 1. The summed E-state index contributed by atoms with van der Waals surface area (Å²) in [5.74, 6) is 0. The molecule has 0 aliphatic heterocycles. The molecule has 1 N–H and O–H groups in total. The molecule has 0 aliphatic rings. The summed E-state index contributed by atoms with van der Waals surface area (Å²) < 4.78 is 0. The molecule has 52 valence electrons. The Morgan fingerprint density at radius 3 is 1.88 bits per heavy atom. The lowest BCUT2D eigenvalue weighted by Gasteiger charge is -1.85. The van der Waals surface area contributed by atoms with Gasteiger partial charge in [-0.1, -0.05) is 19.8 Å². The zero-order chi connectivity index (χ0) is 6.83.